The van der Waals surface area contributed by atoms with Crippen molar-refractivity contribution < 1.29 is 13.6 Å². The van der Waals surface area contributed by atoms with Gasteiger partial charge in [0.15, 0.2) is 5.76 Å². The van der Waals surface area contributed by atoms with Gasteiger partial charge >= 0.3 is 0 Å². The number of nitrogens with zero attached hydrogens (tertiary/aromatic N) is 3. The predicted molar refractivity (Wildman–Crippen MR) is 94.2 cm³/mol. The number of aromatic nitrogens is 1. The molecule has 1 aliphatic heterocycles. The van der Waals surface area contributed by atoms with Gasteiger partial charge in [0.1, 0.15) is 6.07 Å². The Kier molecular flexibility index (Phi) is 4.65. The largest absolute Gasteiger partial charge is 0.459 e. The van der Waals surface area contributed by atoms with Crippen molar-refractivity contribution in [3.8, 4) is 17.7 Å². The maximum Gasteiger partial charge on any atom is 0.266 e. The summed E-state index contributed by atoms with van der Waals surface area (Å²) in [6, 6.07) is 5.58. The number of hydrogen-bond donors (Lipinski definition) is 1. The standard InChI is InChI=1S/C19H22N4O3/c20-11-15-19(26-18(22-15)16-5-2-10-25-16)23-8-6-14(7-9-23)17(24)21-12-13-3-1-4-13/h2,5,10,13-14H,1,3-4,6-9,12H2,(H,21,24). The van der Waals surface area contributed by atoms with E-state index in [4.69, 9.17) is 8.83 Å². The van der Waals surface area contributed by atoms with E-state index in [9.17, 15) is 10.1 Å². The Morgan fingerprint density at radius 1 is 1.35 bits per heavy atom. The average molecular weight is 354 g/mol. The maximum absolute atomic E-state index is 12.3. The summed E-state index contributed by atoms with van der Waals surface area (Å²) in [4.78, 5) is 18.6. The van der Waals surface area contributed by atoms with Gasteiger partial charge in [-0.1, -0.05) is 6.42 Å². The van der Waals surface area contributed by atoms with Gasteiger partial charge in [0.2, 0.25) is 17.5 Å². The van der Waals surface area contributed by atoms with Gasteiger partial charge in [-0.15, -0.1) is 0 Å². The van der Waals surface area contributed by atoms with Crippen molar-refractivity contribution in [3.05, 3.63) is 24.1 Å². The molecule has 2 aromatic heterocycles. The second-order valence-corrected chi connectivity index (χ2v) is 7.07. The van der Waals surface area contributed by atoms with E-state index >= 15 is 0 Å². The molecule has 7 nitrogen and oxygen atoms in total. The molecule has 2 fully saturated rings. The van der Waals surface area contributed by atoms with Gasteiger partial charge in [-0.2, -0.15) is 10.2 Å². The fourth-order valence-electron chi connectivity index (χ4n) is 3.54. The number of hydrogen-bond acceptors (Lipinski definition) is 6. The molecule has 0 bridgehead atoms. The normalized spacial score (nSPS) is 18.3. The van der Waals surface area contributed by atoms with Crippen molar-refractivity contribution >= 4 is 11.8 Å². The van der Waals surface area contributed by atoms with Crippen LogP contribution in [0, 0.1) is 23.2 Å². The molecule has 7 heteroatoms. The number of anilines is 1. The van der Waals surface area contributed by atoms with Gasteiger partial charge in [0, 0.05) is 25.6 Å². The lowest BCUT2D eigenvalue weighted by Gasteiger charge is -2.32. The van der Waals surface area contributed by atoms with Crippen LogP contribution in [0.4, 0.5) is 5.88 Å². The minimum absolute atomic E-state index is 0.0318. The number of amides is 1. The van der Waals surface area contributed by atoms with E-state index in [0.717, 1.165) is 19.4 Å². The van der Waals surface area contributed by atoms with Crippen molar-refractivity contribution in [3.63, 3.8) is 0 Å². The number of carbonyl (C=O) groups excluding carboxylic acids is 1. The molecule has 0 unspecified atom stereocenters. The molecule has 1 saturated carbocycles. The Labute approximate surface area is 152 Å². The van der Waals surface area contributed by atoms with E-state index in [-0.39, 0.29) is 17.5 Å². The minimum Gasteiger partial charge on any atom is -0.459 e. The van der Waals surface area contributed by atoms with Crippen molar-refractivity contribution in [1.29, 1.82) is 5.26 Å². The molecule has 1 saturated heterocycles. The lowest BCUT2D eigenvalue weighted by molar-refractivity contribution is -0.125. The molecule has 26 heavy (non-hydrogen) atoms. The quantitative estimate of drug-likeness (QED) is 0.887. The second kappa shape index (κ2) is 7.24. The summed E-state index contributed by atoms with van der Waals surface area (Å²) < 4.78 is 11.1. The smallest absolute Gasteiger partial charge is 0.266 e. The number of nitrogens with one attached hydrogen (secondary N) is 1. The Bertz CT molecular complexity index is 793. The van der Waals surface area contributed by atoms with E-state index in [1.54, 1.807) is 18.4 Å². The zero-order valence-electron chi connectivity index (χ0n) is 14.6. The summed E-state index contributed by atoms with van der Waals surface area (Å²) in [7, 11) is 0. The first-order valence-corrected chi connectivity index (χ1v) is 9.22. The van der Waals surface area contributed by atoms with Crippen molar-refractivity contribution in [2.24, 2.45) is 11.8 Å². The third kappa shape index (κ3) is 3.32. The molecular formula is C19H22N4O3. The van der Waals surface area contributed by atoms with Gasteiger partial charge in [0.05, 0.1) is 6.26 Å². The third-order valence-corrected chi connectivity index (χ3v) is 5.39. The van der Waals surface area contributed by atoms with Crippen LogP contribution in [0.3, 0.4) is 0 Å². The van der Waals surface area contributed by atoms with Crippen LogP contribution >= 0.6 is 0 Å². The van der Waals surface area contributed by atoms with Gasteiger partial charge in [-0.3, -0.25) is 4.79 Å². The molecule has 0 radical (unpaired) electrons. The maximum atomic E-state index is 12.3. The zero-order chi connectivity index (χ0) is 17.9. The van der Waals surface area contributed by atoms with Crippen LogP contribution in [0.25, 0.3) is 11.7 Å². The first-order chi connectivity index (χ1) is 12.7. The van der Waals surface area contributed by atoms with Crippen LogP contribution in [0.2, 0.25) is 0 Å². The first kappa shape index (κ1) is 16.7. The van der Waals surface area contributed by atoms with Gasteiger partial charge < -0.3 is 19.1 Å². The summed E-state index contributed by atoms with van der Waals surface area (Å²) in [6.07, 6.45) is 6.80. The summed E-state index contributed by atoms with van der Waals surface area (Å²) in [5.41, 5.74) is 0.254. The number of piperidine rings is 1. The predicted octanol–water partition coefficient (Wildman–Crippen LogP) is 2.94. The fourth-order valence-corrected chi connectivity index (χ4v) is 3.54. The van der Waals surface area contributed by atoms with E-state index in [1.807, 2.05) is 4.90 Å². The summed E-state index contributed by atoms with van der Waals surface area (Å²) in [5, 5.41) is 12.5. The lowest BCUT2D eigenvalue weighted by atomic mass is 9.85. The first-order valence-electron chi connectivity index (χ1n) is 9.22. The Morgan fingerprint density at radius 2 is 2.15 bits per heavy atom. The van der Waals surface area contributed by atoms with Gasteiger partial charge in [0.25, 0.3) is 5.89 Å². The molecular weight excluding hydrogens is 332 g/mol. The Morgan fingerprint density at radius 3 is 2.77 bits per heavy atom. The molecule has 3 heterocycles. The molecule has 0 spiro atoms. The van der Waals surface area contributed by atoms with Crippen LogP contribution in [0.5, 0.6) is 0 Å². The Balaban J connectivity index is 1.37. The molecule has 4 rings (SSSR count). The summed E-state index contributed by atoms with van der Waals surface area (Å²) in [6.45, 7) is 2.15. The number of oxazole rings is 1. The second-order valence-electron chi connectivity index (χ2n) is 7.07. The number of rotatable bonds is 5. The highest BCUT2D eigenvalue weighted by Gasteiger charge is 2.29. The highest BCUT2D eigenvalue weighted by atomic mass is 16.4. The minimum atomic E-state index is 0.0318. The fraction of sp³-hybridized carbons (Fsp3) is 0.526. The van der Waals surface area contributed by atoms with E-state index in [2.05, 4.69) is 16.4 Å². The summed E-state index contributed by atoms with van der Waals surface area (Å²) in [5.74, 6) is 2.13. The highest BCUT2D eigenvalue weighted by Crippen LogP contribution is 2.31. The van der Waals surface area contributed by atoms with Crippen LogP contribution in [0.15, 0.2) is 27.2 Å². The molecule has 136 valence electrons. The topological polar surface area (TPSA) is 95.3 Å². The van der Waals surface area contributed by atoms with Crippen molar-refractivity contribution in [1.82, 2.24) is 10.3 Å². The number of carbonyl (C=O) groups is 1. The SMILES string of the molecule is N#Cc1nc(-c2ccco2)oc1N1CCC(C(=O)NCC2CCC2)CC1. The van der Waals surface area contributed by atoms with E-state index < -0.39 is 0 Å². The molecule has 0 aromatic carbocycles. The van der Waals surface area contributed by atoms with Gasteiger partial charge in [-0.25, -0.2) is 0 Å². The summed E-state index contributed by atoms with van der Waals surface area (Å²) >= 11 is 0. The molecule has 1 N–H and O–H groups in total. The highest BCUT2D eigenvalue weighted by molar-refractivity contribution is 5.79. The molecule has 0 atom stereocenters. The van der Waals surface area contributed by atoms with Crippen molar-refractivity contribution in [2.45, 2.75) is 32.1 Å². The zero-order valence-corrected chi connectivity index (χ0v) is 14.6. The lowest BCUT2D eigenvalue weighted by Crippen LogP contribution is -2.42. The number of nitriles is 1. The van der Waals surface area contributed by atoms with Crippen LogP contribution in [0.1, 0.15) is 37.8 Å². The average Bonchev–Trinajstić information content (AvgIpc) is 3.29. The molecule has 2 aromatic rings. The molecule has 2 aliphatic rings. The Hall–Kier alpha value is -2.75. The number of furan rings is 1. The van der Waals surface area contributed by atoms with E-state index in [0.29, 0.717) is 36.5 Å². The van der Waals surface area contributed by atoms with Crippen molar-refractivity contribution in [2.75, 3.05) is 24.5 Å². The third-order valence-electron chi connectivity index (χ3n) is 5.39. The van der Waals surface area contributed by atoms with E-state index in [1.165, 1.54) is 19.3 Å². The van der Waals surface area contributed by atoms with Crippen LogP contribution in [-0.4, -0.2) is 30.5 Å². The van der Waals surface area contributed by atoms with Crippen LogP contribution in [-0.2, 0) is 4.79 Å². The molecule has 1 aliphatic carbocycles. The van der Waals surface area contributed by atoms with Crippen LogP contribution < -0.4 is 10.2 Å². The van der Waals surface area contributed by atoms with Gasteiger partial charge in [-0.05, 0) is 43.7 Å². The molecule has 1 amide bonds. The monoisotopic (exact) mass is 354 g/mol.